The molecule has 0 amide bonds. The Morgan fingerprint density at radius 2 is 2.11 bits per heavy atom. The Labute approximate surface area is 54.8 Å². The Balaban J connectivity index is 3.98. The van der Waals surface area contributed by atoms with Crippen molar-refractivity contribution in [2.45, 2.75) is 6.92 Å². The van der Waals surface area contributed by atoms with E-state index in [1.165, 1.54) is 0 Å². The second-order valence-electron chi connectivity index (χ2n) is 1.63. The molecule has 3 nitrogen and oxygen atoms in total. The van der Waals surface area contributed by atoms with Gasteiger partial charge in [-0.05, 0) is 12.5 Å². The van der Waals surface area contributed by atoms with Gasteiger partial charge in [-0.1, -0.05) is 12.7 Å². The number of nitrogens with two attached hydrogens (primary N) is 2. The Morgan fingerprint density at radius 3 is 2.44 bits per heavy atom. The van der Waals surface area contributed by atoms with Gasteiger partial charge < -0.3 is 11.5 Å². The lowest BCUT2D eigenvalue weighted by Crippen LogP contribution is -2.21. The molecule has 0 radical (unpaired) electrons. The summed E-state index contributed by atoms with van der Waals surface area (Å²) in [6.07, 6.45) is 3.23. The summed E-state index contributed by atoms with van der Waals surface area (Å²) in [6.45, 7) is 5.38. The van der Waals surface area contributed by atoms with E-state index >= 15 is 0 Å². The van der Waals surface area contributed by atoms with Crippen LogP contribution < -0.4 is 11.5 Å². The van der Waals surface area contributed by atoms with E-state index in [0.29, 0.717) is 0 Å². The van der Waals surface area contributed by atoms with Gasteiger partial charge in [-0.15, -0.1) is 0 Å². The molecule has 0 aromatic carbocycles. The summed E-state index contributed by atoms with van der Waals surface area (Å²) in [5.74, 6) is 0.0659. The quantitative estimate of drug-likeness (QED) is 0.318. The Kier molecular flexibility index (Phi) is 3.20. The lowest BCUT2D eigenvalue weighted by atomic mass is 10.3. The predicted molar refractivity (Wildman–Crippen MR) is 39.8 cm³/mol. The van der Waals surface area contributed by atoms with E-state index in [1.807, 2.05) is 6.92 Å². The maximum Gasteiger partial charge on any atom is 0.190 e. The van der Waals surface area contributed by atoms with E-state index in [2.05, 4.69) is 11.6 Å². The summed E-state index contributed by atoms with van der Waals surface area (Å²) in [6, 6.07) is 0. The third-order valence-electron chi connectivity index (χ3n) is 0.739. The third-order valence-corrected chi connectivity index (χ3v) is 0.739. The summed E-state index contributed by atoms with van der Waals surface area (Å²) in [4.78, 5) is 3.63. The van der Waals surface area contributed by atoms with Crippen LogP contribution in [0.25, 0.3) is 0 Å². The van der Waals surface area contributed by atoms with Crippen LogP contribution in [-0.2, 0) is 0 Å². The lowest BCUT2D eigenvalue weighted by molar-refractivity contribution is 1.38. The van der Waals surface area contributed by atoms with Gasteiger partial charge >= 0.3 is 0 Å². The van der Waals surface area contributed by atoms with Crippen LogP contribution in [0.5, 0.6) is 0 Å². The SMILES string of the molecule is C=C/C(C)=C\N=C(N)N. The Morgan fingerprint density at radius 1 is 1.56 bits per heavy atom. The van der Waals surface area contributed by atoms with Crippen molar-refractivity contribution in [1.29, 1.82) is 0 Å². The molecule has 0 aromatic heterocycles. The highest BCUT2D eigenvalue weighted by Gasteiger charge is 1.76. The number of guanidine groups is 1. The van der Waals surface area contributed by atoms with Gasteiger partial charge in [0.15, 0.2) is 5.96 Å². The van der Waals surface area contributed by atoms with Gasteiger partial charge in [0.25, 0.3) is 0 Å². The zero-order valence-electron chi connectivity index (χ0n) is 5.46. The van der Waals surface area contributed by atoms with Crippen molar-refractivity contribution in [3.05, 3.63) is 24.4 Å². The summed E-state index contributed by atoms with van der Waals surface area (Å²) >= 11 is 0. The fourth-order valence-electron chi connectivity index (χ4n) is 0.229. The molecule has 0 saturated heterocycles. The van der Waals surface area contributed by atoms with E-state index in [0.717, 1.165) is 5.57 Å². The fraction of sp³-hybridized carbons (Fsp3) is 0.167. The van der Waals surface area contributed by atoms with Gasteiger partial charge in [-0.2, -0.15) is 0 Å². The summed E-state index contributed by atoms with van der Waals surface area (Å²) in [5.41, 5.74) is 11.0. The van der Waals surface area contributed by atoms with Crippen LogP contribution in [0.2, 0.25) is 0 Å². The van der Waals surface area contributed by atoms with E-state index < -0.39 is 0 Å². The third kappa shape index (κ3) is 4.61. The minimum absolute atomic E-state index is 0.0659. The van der Waals surface area contributed by atoms with Crippen LogP contribution in [0.3, 0.4) is 0 Å². The molecule has 4 N–H and O–H groups in total. The second kappa shape index (κ2) is 3.72. The van der Waals surface area contributed by atoms with E-state index in [9.17, 15) is 0 Å². The highest BCUT2D eigenvalue weighted by Crippen LogP contribution is 1.90. The molecular formula is C6H11N3. The van der Waals surface area contributed by atoms with Crippen molar-refractivity contribution in [2.75, 3.05) is 0 Å². The van der Waals surface area contributed by atoms with Gasteiger partial charge in [-0.25, -0.2) is 4.99 Å². The van der Waals surface area contributed by atoms with Crippen LogP contribution >= 0.6 is 0 Å². The molecule has 0 bridgehead atoms. The molecule has 0 aromatic rings. The van der Waals surface area contributed by atoms with Crippen molar-refractivity contribution in [3.8, 4) is 0 Å². The molecule has 0 aliphatic rings. The maximum atomic E-state index is 5.04. The highest BCUT2D eigenvalue weighted by atomic mass is 15.0. The molecule has 0 aliphatic carbocycles. The van der Waals surface area contributed by atoms with E-state index in [1.54, 1.807) is 12.3 Å². The molecule has 3 heteroatoms. The van der Waals surface area contributed by atoms with Crippen molar-refractivity contribution in [3.63, 3.8) is 0 Å². The molecule has 50 valence electrons. The smallest absolute Gasteiger partial charge is 0.190 e. The van der Waals surface area contributed by atoms with Crippen LogP contribution in [0.4, 0.5) is 0 Å². The Hall–Kier alpha value is -1.25. The summed E-state index contributed by atoms with van der Waals surface area (Å²) in [5, 5.41) is 0. The van der Waals surface area contributed by atoms with Crippen molar-refractivity contribution < 1.29 is 0 Å². The topological polar surface area (TPSA) is 64.4 Å². The fourth-order valence-corrected chi connectivity index (χ4v) is 0.229. The number of allylic oxidation sites excluding steroid dienone is 2. The van der Waals surface area contributed by atoms with Crippen molar-refractivity contribution in [2.24, 2.45) is 16.5 Å². The number of hydrogen-bond donors (Lipinski definition) is 2. The lowest BCUT2D eigenvalue weighted by Gasteiger charge is -1.86. The first-order valence-electron chi connectivity index (χ1n) is 2.54. The molecule has 0 fully saturated rings. The summed E-state index contributed by atoms with van der Waals surface area (Å²) < 4.78 is 0. The highest BCUT2D eigenvalue weighted by molar-refractivity contribution is 5.76. The predicted octanol–water partition coefficient (Wildman–Crippen LogP) is 0.350. The average Bonchev–Trinajstić information content (AvgIpc) is 1.83. The Bertz CT molecular complexity index is 152. The van der Waals surface area contributed by atoms with Crippen LogP contribution in [0, 0.1) is 0 Å². The number of hydrogen-bond acceptors (Lipinski definition) is 1. The van der Waals surface area contributed by atoms with Crippen molar-refractivity contribution >= 4 is 5.96 Å². The zero-order valence-corrected chi connectivity index (χ0v) is 5.46. The molecule has 9 heavy (non-hydrogen) atoms. The molecule has 0 unspecified atom stereocenters. The largest absolute Gasteiger partial charge is 0.370 e. The molecule has 0 spiro atoms. The summed E-state index contributed by atoms with van der Waals surface area (Å²) in [7, 11) is 0. The van der Waals surface area contributed by atoms with E-state index in [-0.39, 0.29) is 5.96 Å². The first kappa shape index (κ1) is 7.75. The molecule has 0 atom stereocenters. The van der Waals surface area contributed by atoms with Crippen LogP contribution in [-0.4, -0.2) is 5.96 Å². The molecule has 0 aliphatic heterocycles. The number of aliphatic imine (C=N–C) groups is 1. The number of rotatable bonds is 2. The van der Waals surface area contributed by atoms with Gasteiger partial charge in [0.2, 0.25) is 0 Å². The molecule has 0 heterocycles. The van der Waals surface area contributed by atoms with Gasteiger partial charge in [-0.3, -0.25) is 0 Å². The standard InChI is InChI=1S/C6H11N3/c1-3-5(2)4-9-6(7)8/h3-4H,1H2,2H3,(H4,7,8,9)/b5-4-. The second-order valence-corrected chi connectivity index (χ2v) is 1.63. The molecule has 0 saturated carbocycles. The van der Waals surface area contributed by atoms with Gasteiger partial charge in [0.1, 0.15) is 0 Å². The molecule has 0 rings (SSSR count). The van der Waals surface area contributed by atoms with E-state index in [4.69, 9.17) is 11.5 Å². The minimum atomic E-state index is 0.0659. The normalized spacial score (nSPS) is 10.6. The van der Waals surface area contributed by atoms with Gasteiger partial charge in [0, 0.05) is 6.20 Å². The van der Waals surface area contributed by atoms with Gasteiger partial charge in [0.05, 0.1) is 0 Å². The minimum Gasteiger partial charge on any atom is -0.370 e. The first-order chi connectivity index (χ1) is 4.16. The number of nitrogens with zero attached hydrogens (tertiary/aromatic N) is 1. The maximum absolute atomic E-state index is 5.04. The van der Waals surface area contributed by atoms with Crippen LogP contribution in [0.15, 0.2) is 29.4 Å². The zero-order chi connectivity index (χ0) is 7.28. The average molecular weight is 125 g/mol. The van der Waals surface area contributed by atoms with Crippen LogP contribution in [0.1, 0.15) is 6.92 Å². The molecular weight excluding hydrogens is 114 g/mol. The monoisotopic (exact) mass is 125 g/mol. The van der Waals surface area contributed by atoms with Crippen molar-refractivity contribution in [1.82, 2.24) is 0 Å². The first-order valence-corrected chi connectivity index (χ1v) is 2.54.